The standard InChI is InChI=1S/C11H8F3N3O2S2/c12-11(13,14)9-15-10(21-16-9)17-3-1-6-5(2-4-20-6)7(17)8(18)19/h2,4,7H,1,3H2,(H,18,19). The van der Waals surface area contributed by atoms with Crippen molar-refractivity contribution in [2.24, 2.45) is 0 Å². The summed E-state index contributed by atoms with van der Waals surface area (Å²) in [4.78, 5) is 17.3. The number of nitrogens with zero attached hydrogens (tertiary/aromatic N) is 3. The third-order valence-electron chi connectivity index (χ3n) is 3.11. The van der Waals surface area contributed by atoms with Crippen molar-refractivity contribution >= 4 is 34.0 Å². The first-order chi connectivity index (χ1) is 9.88. The number of fused-ring (bicyclic) bond motifs is 1. The Labute approximate surface area is 124 Å². The van der Waals surface area contributed by atoms with Crippen LogP contribution in [0.25, 0.3) is 0 Å². The van der Waals surface area contributed by atoms with Gasteiger partial charge in [-0.05, 0) is 23.4 Å². The summed E-state index contributed by atoms with van der Waals surface area (Å²) < 4.78 is 41.0. The van der Waals surface area contributed by atoms with Gasteiger partial charge >= 0.3 is 12.1 Å². The lowest BCUT2D eigenvalue weighted by atomic mass is 10.0. The third kappa shape index (κ3) is 2.48. The summed E-state index contributed by atoms with van der Waals surface area (Å²) in [5.74, 6) is -2.35. The van der Waals surface area contributed by atoms with E-state index in [4.69, 9.17) is 0 Å². The lowest BCUT2D eigenvalue weighted by molar-refractivity contribution is -0.144. The van der Waals surface area contributed by atoms with Gasteiger partial charge in [-0.15, -0.1) is 11.3 Å². The van der Waals surface area contributed by atoms with Crippen molar-refractivity contribution in [1.82, 2.24) is 9.36 Å². The van der Waals surface area contributed by atoms with E-state index in [1.165, 1.54) is 16.2 Å². The van der Waals surface area contributed by atoms with Gasteiger partial charge in [-0.3, -0.25) is 0 Å². The van der Waals surface area contributed by atoms with Gasteiger partial charge in [0.1, 0.15) is 0 Å². The molecule has 112 valence electrons. The summed E-state index contributed by atoms with van der Waals surface area (Å²) in [6.07, 6.45) is -4.05. The van der Waals surface area contributed by atoms with Crippen LogP contribution in [-0.2, 0) is 17.4 Å². The molecule has 2 aromatic rings. The highest BCUT2D eigenvalue weighted by atomic mass is 32.1. The molecule has 0 spiro atoms. The number of thiophene rings is 1. The molecule has 1 atom stereocenters. The van der Waals surface area contributed by atoms with E-state index in [-0.39, 0.29) is 5.13 Å². The minimum Gasteiger partial charge on any atom is -0.479 e. The Hall–Kier alpha value is -1.68. The Kier molecular flexibility index (Phi) is 3.36. The summed E-state index contributed by atoms with van der Waals surface area (Å²) in [7, 11) is 0. The van der Waals surface area contributed by atoms with Crippen LogP contribution in [0.3, 0.4) is 0 Å². The van der Waals surface area contributed by atoms with Crippen LogP contribution in [0, 0.1) is 0 Å². The molecule has 3 heterocycles. The highest BCUT2D eigenvalue weighted by Crippen LogP contribution is 2.38. The fourth-order valence-electron chi connectivity index (χ4n) is 2.24. The first kappa shape index (κ1) is 14.3. The summed E-state index contributed by atoms with van der Waals surface area (Å²) in [6.45, 7) is 0.303. The maximum atomic E-state index is 12.6. The van der Waals surface area contributed by atoms with Gasteiger partial charge in [0.25, 0.3) is 0 Å². The van der Waals surface area contributed by atoms with Crippen molar-refractivity contribution in [3.63, 3.8) is 0 Å². The number of anilines is 1. The zero-order chi connectivity index (χ0) is 15.2. The molecular formula is C11H8F3N3O2S2. The average molecular weight is 335 g/mol. The average Bonchev–Trinajstić information content (AvgIpc) is 3.05. The summed E-state index contributed by atoms with van der Waals surface area (Å²) >= 11 is 2.02. The highest BCUT2D eigenvalue weighted by Gasteiger charge is 2.39. The van der Waals surface area contributed by atoms with Crippen molar-refractivity contribution in [2.45, 2.75) is 18.6 Å². The Morgan fingerprint density at radius 3 is 2.86 bits per heavy atom. The van der Waals surface area contributed by atoms with E-state index in [1.54, 1.807) is 11.4 Å². The van der Waals surface area contributed by atoms with E-state index in [2.05, 4.69) is 9.36 Å². The van der Waals surface area contributed by atoms with Crippen LogP contribution in [0.5, 0.6) is 0 Å². The number of halogens is 3. The molecule has 0 aliphatic carbocycles. The number of aromatic nitrogens is 2. The fourth-order valence-corrected chi connectivity index (χ4v) is 3.88. The van der Waals surface area contributed by atoms with E-state index in [1.807, 2.05) is 0 Å². The Morgan fingerprint density at radius 2 is 2.24 bits per heavy atom. The number of carbonyl (C=O) groups is 1. The normalized spacial score (nSPS) is 18.6. The molecule has 0 radical (unpaired) electrons. The molecule has 1 aliphatic heterocycles. The van der Waals surface area contributed by atoms with E-state index in [0.29, 0.717) is 30.1 Å². The van der Waals surface area contributed by atoms with Crippen LogP contribution in [0.15, 0.2) is 11.4 Å². The number of aliphatic carboxylic acids is 1. The molecule has 1 unspecified atom stereocenters. The molecule has 3 rings (SSSR count). The maximum Gasteiger partial charge on any atom is 0.452 e. The predicted molar refractivity (Wildman–Crippen MR) is 70.7 cm³/mol. The quantitative estimate of drug-likeness (QED) is 0.914. The fraction of sp³-hybridized carbons (Fsp3) is 0.364. The largest absolute Gasteiger partial charge is 0.479 e. The Balaban J connectivity index is 1.98. The van der Waals surface area contributed by atoms with Crippen LogP contribution in [0.2, 0.25) is 0 Å². The summed E-state index contributed by atoms with van der Waals surface area (Å²) in [5, 5.41) is 11.2. The SMILES string of the molecule is O=C(O)C1c2ccsc2CCN1c1nc(C(F)(F)F)ns1. The van der Waals surface area contributed by atoms with Crippen LogP contribution in [-0.4, -0.2) is 27.0 Å². The molecule has 0 aromatic carbocycles. The van der Waals surface area contributed by atoms with Crippen LogP contribution < -0.4 is 4.90 Å². The second-order valence-electron chi connectivity index (χ2n) is 4.38. The second kappa shape index (κ2) is 4.95. The van der Waals surface area contributed by atoms with E-state index in [0.717, 1.165) is 4.88 Å². The minimum atomic E-state index is -4.63. The molecule has 0 amide bonds. The highest BCUT2D eigenvalue weighted by molar-refractivity contribution is 7.10. The maximum absolute atomic E-state index is 12.6. The molecule has 21 heavy (non-hydrogen) atoms. The minimum absolute atomic E-state index is 0.0217. The van der Waals surface area contributed by atoms with Gasteiger partial charge in [-0.2, -0.15) is 22.5 Å². The third-order valence-corrected chi connectivity index (χ3v) is 4.86. The zero-order valence-corrected chi connectivity index (χ0v) is 11.9. The van der Waals surface area contributed by atoms with Crippen molar-refractivity contribution in [3.05, 3.63) is 27.7 Å². The zero-order valence-electron chi connectivity index (χ0n) is 10.3. The molecule has 1 N–H and O–H groups in total. The summed E-state index contributed by atoms with van der Waals surface area (Å²) in [5.41, 5.74) is 0.613. The molecule has 0 bridgehead atoms. The van der Waals surface area contributed by atoms with Crippen molar-refractivity contribution in [1.29, 1.82) is 0 Å². The molecule has 10 heteroatoms. The lowest BCUT2D eigenvalue weighted by Gasteiger charge is -2.32. The number of alkyl halides is 3. The summed E-state index contributed by atoms with van der Waals surface area (Å²) in [6, 6.07) is 0.672. The van der Waals surface area contributed by atoms with Gasteiger partial charge in [0.05, 0.1) is 0 Å². The van der Waals surface area contributed by atoms with Crippen LogP contribution in [0.1, 0.15) is 22.3 Å². The molecule has 0 fully saturated rings. The van der Waals surface area contributed by atoms with Crippen LogP contribution >= 0.6 is 22.9 Å². The van der Waals surface area contributed by atoms with Crippen molar-refractivity contribution in [3.8, 4) is 0 Å². The molecule has 2 aromatic heterocycles. The number of hydrogen-bond donors (Lipinski definition) is 1. The lowest BCUT2D eigenvalue weighted by Crippen LogP contribution is -2.39. The van der Waals surface area contributed by atoms with E-state index >= 15 is 0 Å². The van der Waals surface area contributed by atoms with Gasteiger partial charge in [0.15, 0.2) is 6.04 Å². The number of carboxylic acids is 1. The van der Waals surface area contributed by atoms with E-state index < -0.39 is 24.0 Å². The van der Waals surface area contributed by atoms with Crippen LogP contribution in [0.4, 0.5) is 18.3 Å². The van der Waals surface area contributed by atoms with Gasteiger partial charge in [0.2, 0.25) is 11.0 Å². The van der Waals surface area contributed by atoms with Crippen molar-refractivity contribution < 1.29 is 23.1 Å². The molecule has 1 aliphatic rings. The second-order valence-corrected chi connectivity index (χ2v) is 6.11. The van der Waals surface area contributed by atoms with Gasteiger partial charge in [0, 0.05) is 23.0 Å². The molecule has 0 saturated carbocycles. The van der Waals surface area contributed by atoms with Crippen molar-refractivity contribution in [2.75, 3.05) is 11.4 Å². The Morgan fingerprint density at radius 1 is 1.48 bits per heavy atom. The molecular weight excluding hydrogens is 327 g/mol. The number of hydrogen-bond acceptors (Lipinski definition) is 6. The smallest absolute Gasteiger partial charge is 0.452 e. The van der Waals surface area contributed by atoms with Gasteiger partial charge < -0.3 is 10.0 Å². The number of rotatable bonds is 2. The van der Waals surface area contributed by atoms with E-state index in [9.17, 15) is 23.1 Å². The first-order valence-electron chi connectivity index (χ1n) is 5.84. The Bertz CT molecular complexity index is 682. The monoisotopic (exact) mass is 335 g/mol. The predicted octanol–water partition coefficient (Wildman–Crippen LogP) is 2.81. The van der Waals surface area contributed by atoms with Gasteiger partial charge in [-0.25, -0.2) is 4.79 Å². The topological polar surface area (TPSA) is 66.3 Å². The number of carboxylic acid groups (broad SMARTS) is 1. The first-order valence-corrected chi connectivity index (χ1v) is 7.50. The molecule has 5 nitrogen and oxygen atoms in total. The molecule has 0 saturated heterocycles. The van der Waals surface area contributed by atoms with Gasteiger partial charge in [-0.1, -0.05) is 0 Å².